The molecule has 2 heteroatoms. The summed E-state index contributed by atoms with van der Waals surface area (Å²) in [5, 5.41) is 3.81. The SMILES string of the molecule is Cc1cccc2c3c(oc12)CCC(c1cccc2c1[nH]c1ccccc12)=C3. The predicted octanol–water partition coefficient (Wildman–Crippen LogP) is 6.86. The fourth-order valence-corrected chi connectivity index (χ4v) is 4.52. The Kier molecular flexibility index (Phi) is 2.96. The number of hydrogen-bond donors (Lipinski definition) is 1. The highest BCUT2D eigenvalue weighted by Crippen LogP contribution is 2.40. The van der Waals surface area contributed by atoms with Crippen LogP contribution in [0.25, 0.3) is 44.4 Å². The third-order valence-electron chi connectivity index (χ3n) is 5.86. The highest BCUT2D eigenvalue weighted by molar-refractivity contribution is 6.11. The number of H-pyrrole nitrogens is 1. The average Bonchev–Trinajstić information content (AvgIpc) is 3.27. The molecule has 2 nitrogen and oxygen atoms in total. The fraction of sp³-hybridized carbons (Fsp3) is 0.120. The molecule has 1 aliphatic rings. The average molecular weight is 349 g/mol. The molecule has 6 rings (SSSR count). The molecule has 1 N–H and O–H groups in total. The van der Waals surface area contributed by atoms with Crippen LogP contribution in [0.4, 0.5) is 0 Å². The van der Waals surface area contributed by atoms with E-state index in [1.807, 2.05) is 0 Å². The molecule has 0 amide bonds. The summed E-state index contributed by atoms with van der Waals surface area (Å²) in [6, 6.07) is 21.6. The van der Waals surface area contributed by atoms with Crippen LogP contribution in [0.2, 0.25) is 0 Å². The van der Waals surface area contributed by atoms with E-state index in [4.69, 9.17) is 4.42 Å². The van der Waals surface area contributed by atoms with Crippen molar-refractivity contribution in [3.8, 4) is 0 Å². The van der Waals surface area contributed by atoms with Crippen molar-refractivity contribution in [3.05, 3.63) is 83.1 Å². The Morgan fingerprint density at radius 3 is 2.59 bits per heavy atom. The van der Waals surface area contributed by atoms with E-state index in [1.54, 1.807) is 0 Å². The monoisotopic (exact) mass is 349 g/mol. The van der Waals surface area contributed by atoms with Gasteiger partial charge >= 0.3 is 0 Å². The number of fused-ring (bicyclic) bond motifs is 6. The number of para-hydroxylation sites is 3. The lowest BCUT2D eigenvalue weighted by Crippen LogP contribution is -1.97. The molecule has 0 saturated carbocycles. The van der Waals surface area contributed by atoms with Crippen molar-refractivity contribution >= 4 is 44.4 Å². The molecule has 0 saturated heterocycles. The van der Waals surface area contributed by atoms with Crippen molar-refractivity contribution in [2.75, 3.05) is 0 Å². The number of benzene rings is 3. The number of rotatable bonds is 1. The van der Waals surface area contributed by atoms with E-state index in [-0.39, 0.29) is 0 Å². The summed E-state index contributed by atoms with van der Waals surface area (Å²) < 4.78 is 6.19. The van der Waals surface area contributed by atoms with Crippen LogP contribution in [0, 0.1) is 6.92 Å². The van der Waals surface area contributed by atoms with Gasteiger partial charge in [-0.15, -0.1) is 0 Å². The maximum absolute atomic E-state index is 6.19. The number of aromatic nitrogens is 1. The second-order valence-corrected chi connectivity index (χ2v) is 7.46. The molecule has 3 aromatic carbocycles. The van der Waals surface area contributed by atoms with Gasteiger partial charge in [0.15, 0.2) is 0 Å². The van der Waals surface area contributed by atoms with Crippen molar-refractivity contribution in [2.45, 2.75) is 19.8 Å². The zero-order valence-electron chi connectivity index (χ0n) is 15.2. The minimum Gasteiger partial charge on any atom is -0.460 e. The molecular formula is C25H19NO. The molecule has 0 spiro atoms. The predicted molar refractivity (Wildman–Crippen MR) is 113 cm³/mol. The minimum absolute atomic E-state index is 0.950. The van der Waals surface area contributed by atoms with Crippen LogP contribution in [0.15, 0.2) is 65.1 Å². The molecule has 27 heavy (non-hydrogen) atoms. The Labute approximate surface area is 157 Å². The Morgan fingerprint density at radius 1 is 0.815 bits per heavy atom. The summed E-state index contributed by atoms with van der Waals surface area (Å²) >= 11 is 0. The first kappa shape index (κ1) is 14.9. The lowest BCUT2D eigenvalue weighted by atomic mass is 9.90. The van der Waals surface area contributed by atoms with Crippen molar-refractivity contribution in [1.82, 2.24) is 4.98 Å². The largest absolute Gasteiger partial charge is 0.460 e. The maximum Gasteiger partial charge on any atom is 0.137 e. The molecule has 2 aromatic heterocycles. The number of allylic oxidation sites excluding steroid dienone is 1. The van der Waals surface area contributed by atoms with Crippen LogP contribution < -0.4 is 0 Å². The van der Waals surface area contributed by atoms with Crippen LogP contribution in [0.5, 0.6) is 0 Å². The normalized spacial score (nSPS) is 14.0. The van der Waals surface area contributed by atoms with Crippen LogP contribution in [0.1, 0.15) is 28.9 Å². The topological polar surface area (TPSA) is 28.9 Å². The van der Waals surface area contributed by atoms with Crippen LogP contribution in [-0.2, 0) is 6.42 Å². The van der Waals surface area contributed by atoms with E-state index >= 15 is 0 Å². The van der Waals surface area contributed by atoms with Crippen LogP contribution in [-0.4, -0.2) is 4.98 Å². The molecule has 0 radical (unpaired) electrons. The molecule has 5 aromatic rings. The van der Waals surface area contributed by atoms with Gasteiger partial charge in [0.25, 0.3) is 0 Å². The number of nitrogens with one attached hydrogen (secondary N) is 1. The lowest BCUT2D eigenvalue weighted by Gasteiger charge is -2.14. The van der Waals surface area contributed by atoms with Gasteiger partial charge in [0.2, 0.25) is 0 Å². The van der Waals surface area contributed by atoms with E-state index in [0.717, 1.165) is 24.2 Å². The number of aromatic amines is 1. The zero-order valence-corrected chi connectivity index (χ0v) is 15.2. The van der Waals surface area contributed by atoms with Crippen molar-refractivity contribution < 1.29 is 4.42 Å². The Morgan fingerprint density at radius 2 is 1.63 bits per heavy atom. The maximum atomic E-state index is 6.19. The molecule has 130 valence electrons. The molecule has 0 aliphatic heterocycles. The Balaban J connectivity index is 1.61. The number of hydrogen-bond acceptors (Lipinski definition) is 1. The van der Waals surface area contributed by atoms with Crippen LogP contribution in [0.3, 0.4) is 0 Å². The van der Waals surface area contributed by atoms with Crippen LogP contribution >= 0.6 is 0 Å². The highest BCUT2D eigenvalue weighted by Gasteiger charge is 2.21. The van der Waals surface area contributed by atoms with E-state index < -0.39 is 0 Å². The van der Waals surface area contributed by atoms with Gasteiger partial charge in [-0.2, -0.15) is 0 Å². The van der Waals surface area contributed by atoms with Gasteiger partial charge in [-0.1, -0.05) is 54.6 Å². The van der Waals surface area contributed by atoms with Crippen molar-refractivity contribution in [1.29, 1.82) is 0 Å². The first-order valence-corrected chi connectivity index (χ1v) is 9.51. The quantitative estimate of drug-likeness (QED) is 0.352. The van der Waals surface area contributed by atoms with Crippen molar-refractivity contribution in [2.24, 2.45) is 0 Å². The van der Waals surface area contributed by atoms with E-state index in [9.17, 15) is 0 Å². The van der Waals surface area contributed by atoms with Gasteiger partial charge in [-0.05, 0) is 36.6 Å². The summed E-state index contributed by atoms with van der Waals surface area (Å²) in [5.41, 5.74) is 8.60. The first-order valence-electron chi connectivity index (χ1n) is 9.51. The summed E-state index contributed by atoms with van der Waals surface area (Å²) in [5.74, 6) is 1.12. The summed E-state index contributed by atoms with van der Waals surface area (Å²) in [4.78, 5) is 3.64. The lowest BCUT2D eigenvalue weighted by molar-refractivity contribution is 0.546. The second kappa shape index (κ2) is 5.37. The van der Waals surface area contributed by atoms with Gasteiger partial charge < -0.3 is 9.40 Å². The molecule has 1 aliphatic carbocycles. The standard InChI is InChI=1S/C25H19NO/c1-15-6-4-10-20-21-14-16(12-13-23(21)27-25(15)20)17-8-5-9-19-18-7-2-3-11-22(18)26-24(17)19/h2-11,14,26H,12-13H2,1H3. The molecule has 0 fully saturated rings. The third-order valence-corrected chi connectivity index (χ3v) is 5.86. The summed E-state index contributed by atoms with van der Waals surface area (Å²) in [6.07, 6.45) is 4.29. The van der Waals surface area contributed by atoms with E-state index in [0.29, 0.717) is 0 Å². The molecule has 0 unspecified atom stereocenters. The van der Waals surface area contributed by atoms with Gasteiger partial charge in [0.05, 0.1) is 5.52 Å². The third kappa shape index (κ3) is 2.07. The molecule has 0 atom stereocenters. The summed E-state index contributed by atoms with van der Waals surface area (Å²) in [7, 11) is 0. The Hall–Kier alpha value is -3.26. The smallest absolute Gasteiger partial charge is 0.137 e. The zero-order chi connectivity index (χ0) is 18.0. The van der Waals surface area contributed by atoms with E-state index in [1.165, 1.54) is 49.5 Å². The minimum atomic E-state index is 0.950. The van der Waals surface area contributed by atoms with E-state index in [2.05, 4.69) is 78.6 Å². The fourth-order valence-electron chi connectivity index (χ4n) is 4.52. The number of furan rings is 1. The Bertz CT molecular complexity index is 1380. The molecule has 0 bridgehead atoms. The van der Waals surface area contributed by atoms with Gasteiger partial charge in [-0.3, -0.25) is 0 Å². The summed E-state index contributed by atoms with van der Waals surface area (Å²) in [6.45, 7) is 2.12. The number of aryl methyl sites for hydroxylation is 2. The second-order valence-electron chi connectivity index (χ2n) is 7.46. The molecular weight excluding hydrogens is 330 g/mol. The van der Waals surface area contributed by atoms with Gasteiger partial charge in [-0.25, -0.2) is 0 Å². The van der Waals surface area contributed by atoms with Crippen molar-refractivity contribution in [3.63, 3.8) is 0 Å². The first-order chi connectivity index (χ1) is 13.3. The van der Waals surface area contributed by atoms with Gasteiger partial charge in [0.1, 0.15) is 11.3 Å². The van der Waals surface area contributed by atoms with Gasteiger partial charge in [0, 0.05) is 39.2 Å². The molecule has 2 heterocycles. The highest BCUT2D eigenvalue weighted by atomic mass is 16.3.